The van der Waals surface area contributed by atoms with Crippen molar-refractivity contribution in [1.82, 2.24) is 9.21 Å². The molecule has 0 aromatic heterocycles. The lowest BCUT2D eigenvalue weighted by Gasteiger charge is -2.32. The molecule has 0 saturated carbocycles. The third-order valence-electron chi connectivity index (χ3n) is 5.38. The molecular formula is C22H27FN2O3S. The van der Waals surface area contributed by atoms with Gasteiger partial charge in [0.15, 0.2) is 0 Å². The number of hydrogen-bond acceptors (Lipinski definition) is 3. The Kier molecular flexibility index (Phi) is 6.70. The zero-order valence-corrected chi connectivity index (χ0v) is 17.7. The van der Waals surface area contributed by atoms with E-state index in [1.165, 1.54) is 16.4 Å². The topological polar surface area (TPSA) is 57.7 Å². The highest BCUT2D eigenvalue weighted by molar-refractivity contribution is 7.89. The van der Waals surface area contributed by atoms with Gasteiger partial charge in [-0.05, 0) is 55.5 Å². The summed E-state index contributed by atoms with van der Waals surface area (Å²) in [6, 6.07) is 12.2. The third kappa shape index (κ3) is 5.42. The first-order valence-electron chi connectivity index (χ1n) is 9.85. The number of amides is 1. The fraction of sp³-hybridized carbons (Fsp3) is 0.409. The van der Waals surface area contributed by atoms with E-state index in [1.807, 2.05) is 6.92 Å². The summed E-state index contributed by atoms with van der Waals surface area (Å²) in [6.07, 6.45) is 1.85. The van der Waals surface area contributed by atoms with Gasteiger partial charge in [-0.15, -0.1) is 0 Å². The lowest BCUT2D eigenvalue weighted by atomic mass is 9.99. The molecule has 156 valence electrons. The maximum Gasteiger partial charge on any atom is 0.243 e. The maximum atomic E-state index is 13.3. The summed E-state index contributed by atoms with van der Waals surface area (Å²) in [6.45, 7) is 5.11. The minimum atomic E-state index is -3.88. The molecule has 1 fully saturated rings. The molecule has 0 unspecified atom stereocenters. The van der Waals surface area contributed by atoms with Crippen molar-refractivity contribution in [2.75, 3.05) is 19.6 Å². The van der Waals surface area contributed by atoms with Crippen molar-refractivity contribution in [2.45, 2.75) is 38.1 Å². The fourth-order valence-corrected chi connectivity index (χ4v) is 4.77. The predicted molar refractivity (Wildman–Crippen MR) is 110 cm³/mol. The number of aryl methyl sites for hydroxylation is 1. The van der Waals surface area contributed by atoms with Gasteiger partial charge in [-0.1, -0.05) is 36.8 Å². The first kappa shape index (κ1) is 21.5. The zero-order chi connectivity index (χ0) is 21.0. The Morgan fingerprint density at radius 2 is 1.66 bits per heavy atom. The van der Waals surface area contributed by atoms with E-state index in [1.54, 1.807) is 41.3 Å². The van der Waals surface area contributed by atoms with Crippen LogP contribution in [0.25, 0.3) is 0 Å². The zero-order valence-electron chi connectivity index (χ0n) is 16.8. The Labute approximate surface area is 172 Å². The van der Waals surface area contributed by atoms with Gasteiger partial charge in [0.1, 0.15) is 5.82 Å². The summed E-state index contributed by atoms with van der Waals surface area (Å²) in [4.78, 5) is 14.7. The van der Waals surface area contributed by atoms with Crippen LogP contribution in [0.3, 0.4) is 0 Å². The molecule has 5 nitrogen and oxygen atoms in total. The van der Waals surface area contributed by atoms with E-state index in [0.29, 0.717) is 24.6 Å². The second kappa shape index (κ2) is 9.05. The minimum Gasteiger partial charge on any atom is -0.342 e. The standard InChI is InChI=1S/C22H27FN2O3S/c1-17-3-9-21(10-4-17)29(27,28)25(15-19-5-7-20(23)8-6-19)16-22(26)24-13-11-18(2)12-14-24/h3-10,18H,11-16H2,1-2H3. The van der Waals surface area contributed by atoms with E-state index >= 15 is 0 Å². The van der Waals surface area contributed by atoms with Crippen LogP contribution in [0.5, 0.6) is 0 Å². The summed E-state index contributed by atoms with van der Waals surface area (Å²) in [5.74, 6) is -0.0134. The number of likely N-dealkylation sites (tertiary alicyclic amines) is 1. The van der Waals surface area contributed by atoms with Crippen LogP contribution in [0.15, 0.2) is 53.4 Å². The summed E-state index contributed by atoms with van der Waals surface area (Å²) >= 11 is 0. The summed E-state index contributed by atoms with van der Waals surface area (Å²) in [5.41, 5.74) is 1.58. The molecule has 0 N–H and O–H groups in total. The van der Waals surface area contributed by atoms with Crippen molar-refractivity contribution in [3.05, 3.63) is 65.5 Å². The van der Waals surface area contributed by atoms with Gasteiger partial charge >= 0.3 is 0 Å². The van der Waals surface area contributed by atoms with Crippen LogP contribution in [-0.2, 0) is 21.4 Å². The second-order valence-corrected chi connectivity index (χ2v) is 9.71. The molecule has 0 radical (unpaired) electrons. The van der Waals surface area contributed by atoms with Crippen molar-refractivity contribution in [1.29, 1.82) is 0 Å². The summed E-state index contributed by atoms with van der Waals surface area (Å²) < 4.78 is 41.0. The second-order valence-electron chi connectivity index (χ2n) is 7.78. The van der Waals surface area contributed by atoms with Crippen LogP contribution in [0, 0.1) is 18.7 Å². The molecular weight excluding hydrogens is 391 g/mol. The smallest absolute Gasteiger partial charge is 0.243 e. The maximum absolute atomic E-state index is 13.3. The van der Waals surface area contributed by atoms with Gasteiger partial charge in [0.05, 0.1) is 11.4 Å². The first-order valence-corrected chi connectivity index (χ1v) is 11.3. The number of hydrogen-bond donors (Lipinski definition) is 0. The highest BCUT2D eigenvalue weighted by Gasteiger charge is 2.29. The number of nitrogens with zero attached hydrogens (tertiary/aromatic N) is 2. The molecule has 0 bridgehead atoms. The van der Waals surface area contributed by atoms with Gasteiger partial charge in [-0.3, -0.25) is 4.79 Å². The predicted octanol–water partition coefficient (Wildman–Crippen LogP) is 3.58. The molecule has 3 rings (SSSR count). The van der Waals surface area contributed by atoms with Gasteiger partial charge in [0, 0.05) is 19.6 Å². The van der Waals surface area contributed by atoms with E-state index < -0.39 is 10.0 Å². The normalized spacial score (nSPS) is 15.7. The Bertz CT molecular complexity index is 935. The molecule has 29 heavy (non-hydrogen) atoms. The Morgan fingerprint density at radius 1 is 1.07 bits per heavy atom. The number of benzene rings is 2. The molecule has 1 heterocycles. The third-order valence-corrected chi connectivity index (χ3v) is 7.18. The van der Waals surface area contributed by atoms with Gasteiger partial charge in [0.2, 0.25) is 15.9 Å². The summed E-state index contributed by atoms with van der Waals surface area (Å²) in [7, 11) is -3.88. The fourth-order valence-electron chi connectivity index (χ4n) is 3.39. The van der Waals surface area contributed by atoms with Gasteiger partial charge in [-0.25, -0.2) is 12.8 Å². The Hall–Kier alpha value is -2.25. The van der Waals surface area contributed by atoms with E-state index in [2.05, 4.69) is 6.92 Å². The average molecular weight is 419 g/mol. The molecule has 1 amide bonds. The van der Waals surface area contributed by atoms with Gasteiger partial charge in [0.25, 0.3) is 0 Å². The van der Waals surface area contributed by atoms with Crippen molar-refractivity contribution in [2.24, 2.45) is 5.92 Å². The number of halogens is 1. The molecule has 2 aromatic carbocycles. The monoisotopic (exact) mass is 418 g/mol. The first-order chi connectivity index (χ1) is 13.8. The largest absolute Gasteiger partial charge is 0.342 e. The number of carbonyl (C=O) groups is 1. The van der Waals surface area contributed by atoms with Crippen molar-refractivity contribution < 1.29 is 17.6 Å². The molecule has 7 heteroatoms. The van der Waals surface area contributed by atoms with Crippen LogP contribution in [-0.4, -0.2) is 43.2 Å². The Morgan fingerprint density at radius 3 is 2.24 bits per heavy atom. The van der Waals surface area contributed by atoms with Gasteiger partial charge < -0.3 is 4.90 Å². The van der Waals surface area contributed by atoms with Crippen molar-refractivity contribution in [3.63, 3.8) is 0 Å². The molecule has 0 atom stereocenters. The van der Waals surface area contributed by atoms with E-state index in [-0.39, 0.29) is 29.7 Å². The molecule has 0 spiro atoms. The number of piperidine rings is 1. The lowest BCUT2D eigenvalue weighted by Crippen LogP contribution is -2.45. The molecule has 1 aliphatic heterocycles. The van der Waals surface area contributed by atoms with E-state index in [0.717, 1.165) is 18.4 Å². The molecule has 1 aliphatic rings. The van der Waals surface area contributed by atoms with Crippen LogP contribution >= 0.6 is 0 Å². The van der Waals surface area contributed by atoms with Crippen LogP contribution in [0.1, 0.15) is 30.9 Å². The van der Waals surface area contributed by atoms with Crippen molar-refractivity contribution >= 4 is 15.9 Å². The van der Waals surface area contributed by atoms with E-state index in [4.69, 9.17) is 0 Å². The number of rotatable bonds is 6. The van der Waals surface area contributed by atoms with Crippen LogP contribution in [0.4, 0.5) is 4.39 Å². The quantitative estimate of drug-likeness (QED) is 0.720. The molecule has 1 saturated heterocycles. The van der Waals surface area contributed by atoms with E-state index in [9.17, 15) is 17.6 Å². The number of sulfonamides is 1. The van der Waals surface area contributed by atoms with Crippen LogP contribution in [0.2, 0.25) is 0 Å². The number of carbonyl (C=O) groups excluding carboxylic acids is 1. The van der Waals surface area contributed by atoms with Gasteiger partial charge in [-0.2, -0.15) is 4.31 Å². The molecule has 2 aromatic rings. The Balaban J connectivity index is 1.85. The molecule has 0 aliphatic carbocycles. The van der Waals surface area contributed by atoms with Crippen molar-refractivity contribution in [3.8, 4) is 0 Å². The highest BCUT2D eigenvalue weighted by Crippen LogP contribution is 2.21. The average Bonchev–Trinajstić information content (AvgIpc) is 2.70. The highest BCUT2D eigenvalue weighted by atomic mass is 32.2. The summed E-state index contributed by atoms with van der Waals surface area (Å²) in [5, 5.41) is 0. The minimum absolute atomic E-state index is 0.00642. The SMILES string of the molecule is Cc1ccc(S(=O)(=O)N(CC(=O)N2CCC(C)CC2)Cc2ccc(F)cc2)cc1. The van der Waals surface area contributed by atoms with Crippen LogP contribution < -0.4 is 0 Å². The lowest BCUT2D eigenvalue weighted by molar-refractivity contribution is -0.132.